The first kappa shape index (κ1) is 29.3. The van der Waals surface area contributed by atoms with Crippen molar-refractivity contribution >= 4 is 41.5 Å². The van der Waals surface area contributed by atoms with E-state index in [4.69, 9.17) is 24.7 Å². The molecule has 0 saturated heterocycles. The van der Waals surface area contributed by atoms with Gasteiger partial charge in [0, 0.05) is 0 Å². The van der Waals surface area contributed by atoms with Crippen LogP contribution in [0.3, 0.4) is 0 Å². The summed E-state index contributed by atoms with van der Waals surface area (Å²) in [7, 11) is -7.21. The van der Waals surface area contributed by atoms with Crippen molar-refractivity contribution in [3.05, 3.63) is 35.7 Å². The first-order valence-electron chi connectivity index (χ1n) is 9.04. The second-order valence-corrected chi connectivity index (χ2v) is 9.49. The number of hydrogen-bond acceptors (Lipinski definition) is 11. The number of aliphatic carboxylic acids is 1. The summed E-state index contributed by atoms with van der Waals surface area (Å²) in [5.74, 6) is -2.59. The Kier molecular flexibility index (Phi) is 10.6. The molecule has 1 aromatic heterocycles. The largest absolute Gasteiger partial charge is 0.480 e. The van der Waals surface area contributed by atoms with Gasteiger partial charge in [0.15, 0.2) is 0 Å². The lowest BCUT2D eigenvalue weighted by atomic mass is 10.2. The van der Waals surface area contributed by atoms with Crippen LogP contribution in [-0.2, 0) is 19.4 Å². The second-order valence-electron chi connectivity index (χ2n) is 6.20. The molecule has 0 saturated carbocycles. The van der Waals surface area contributed by atoms with Crippen LogP contribution in [0.2, 0.25) is 0 Å². The number of hydrogen-bond donors (Lipinski definition) is 7. The number of nitrogens with zero attached hydrogens (tertiary/aromatic N) is 3. The van der Waals surface area contributed by atoms with Crippen LogP contribution in [-0.4, -0.2) is 81.3 Å². The average molecular weight is 536 g/mol. The number of aryl methyl sites for hydroxylation is 1. The Morgan fingerprint density at radius 1 is 1.09 bits per heavy atom. The van der Waals surface area contributed by atoms with Gasteiger partial charge < -0.3 is 24.7 Å². The SMILES string of the molecule is COc1nc(C)nc(NC(=O)NS(=O)(=O)c2ccccc2C(=O)O)n1.O=C(O)CNCP(=O)(O)O. The van der Waals surface area contributed by atoms with Gasteiger partial charge in [0.2, 0.25) is 5.95 Å². The highest BCUT2D eigenvalue weighted by Crippen LogP contribution is 2.31. The minimum atomic E-state index is -4.43. The second kappa shape index (κ2) is 12.7. The molecular weight excluding hydrogens is 515 g/mol. The zero-order valence-corrected chi connectivity index (χ0v) is 19.8. The minimum absolute atomic E-state index is 0.0677. The normalized spacial score (nSPS) is 11.0. The maximum absolute atomic E-state index is 12.2. The summed E-state index contributed by atoms with van der Waals surface area (Å²) >= 11 is 0. The quantitative estimate of drug-likeness (QED) is 0.193. The number of aromatic carboxylic acids is 1. The van der Waals surface area contributed by atoms with Gasteiger partial charge in [-0.05, 0) is 19.1 Å². The van der Waals surface area contributed by atoms with Gasteiger partial charge in [-0.25, -0.2) is 22.7 Å². The summed E-state index contributed by atoms with van der Waals surface area (Å²) in [6, 6.07) is 3.63. The Morgan fingerprint density at radius 2 is 1.71 bits per heavy atom. The average Bonchev–Trinajstić information content (AvgIpc) is 2.72. The number of sulfonamides is 1. The van der Waals surface area contributed by atoms with Crippen molar-refractivity contribution in [3.8, 4) is 6.01 Å². The third-order valence-corrected chi connectivity index (χ3v) is 5.39. The van der Waals surface area contributed by atoms with Crippen molar-refractivity contribution in [2.24, 2.45) is 0 Å². The highest BCUT2D eigenvalue weighted by atomic mass is 32.2. The van der Waals surface area contributed by atoms with Crippen molar-refractivity contribution < 1.29 is 52.1 Å². The number of carbonyl (C=O) groups excluding carboxylic acids is 1. The third-order valence-electron chi connectivity index (χ3n) is 3.36. The Hall–Kier alpha value is -3.70. The standard InChI is InChI=1S/C13H13N5O6S.C3H8NO5P/c1-7-14-11(17-13(15-7)24-2)16-12(21)18-25(22,23)9-6-4-3-5-8(9)10(19)20;5-3(6)1-4-2-10(7,8)9/h3-6H,1-2H3,(H,19,20)(H2,14,15,16,17,18,21);4H,1-2H2,(H,5,6)(H2,7,8,9). The summed E-state index contributed by atoms with van der Waals surface area (Å²) in [5.41, 5.74) is -0.472. The minimum Gasteiger partial charge on any atom is -0.480 e. The van der Waals surface area contributed by atoms with Crippen LogP contribution < -0.4 is 20.1 Å². The number of rotatable bonds is 9. The Balaban J connectivity index is 0.000000518. The number of urea groups is 1. The van der Waals surface area contributed by atoms with E-state index in [2.05, 4.69) is 25.6 Å². The molecule has 0 aliphatic heterocycles. The predicted molar refractivity (Wildman–Crippen MR) is 116 cm³/mol. The number of carboxylic acids is 2. The molecule has 2 rings (SSSR count). The number of amides is 2. The molecule has 0 atom stereocenters. The summed E-state index contributed by atoms with van der Waals surface area (Å²) < 4.78 is 41.0. The van der Waals surface area contributed by atoms with Crippen LogP contribution in [0.5, 0.6) is 6.01 Å². The van der Waals surface area contributed by atoms with Gasteiger partial charge in [-0.3, -0.25) is 20.0 Å². The smallest absolute Gasteiger partial charge is 0.339 e. The highest BCUT2D eigenvalue weighted by molar-refractivity contribution is 7.90. The Morgan fingerprint density at radius 3 is 2.26 bits per heavy atom. The molecule has 2 amide bonds. The molecule has 0 aliphatic carbocycles. The van der Waals surface area contributed by atoms with Crippen LogP contribution >= 0.6 is 7.60 Å². The number of carboxylic acid groups (broad SMARTS) is 2. The van der Waals surface area contributed by atoms with Crippen molar-refractivity contribution in [2.45, 2.75) is 11.8 Å². The fourth-order valence-corrected chi connectivity index (χ4v) is 3.61. The van der Waals surface area contributed by atoms with E-state index in [1.54, 1.807) is 4.72 Å². The molecule has 2 aromatic rings. The van der Waals surface area contributed by atoms with Crippen molar-refractivity contribution in [1.29, 1.82) is 0 Å². The zero-order chi connectivity index (χ0) is 26.8. The first-order valence-corrected chi connectivity index (χ1v) is 12.3. The van der Waals surface area contributed by atoms with Crippen molar-refractivity contribution in [2.75, 3.05) is 25.3 Å². The lowest BCUT2D eigenvalue weighted by molar-refractivity contribution is -0.135. The summed E-state index contributed by atoms with van der Waals surface area (Å²) in [6.07, 6.45) is -0.598. The van der Waals surface area contributed by atoms with Gasteiger partial charge in [-0.15, -0.1) is 0 Å². The van der Waals surface area contributed by atoms with Crippen LogP contribution in [0.1, 0.15) is 16.2 Å². The monoisotopic (exact) mass is 536 g/mol. The van der Waals surface area contributed by atoms with Gasteiger partial charge in [0.05, 0.1) is 25.5 Å². The number of methoxy groups -OCH3 is 1. The number of ether oxygens (including phenoxy) is 1. The maximum atomic E-state index is 12.2. The van der Waals surface area contributed by atoms with Crippen LogP contribution in [0.15, 0.2) is 29.2 Å². The van der Waals surface area contributed by atoms with E-state index in [1.165, 1.54) is 26.2 Å². The highest BCUT2D eigenvalue weighted by Gasteiger charge is 2.24. The fraction of sp³-hybridized carbons (Fsp3) is 0.250. The molecule has 19 heteroatoms. The molecule has 0 bridgehead atoms. The molecule has 35 heavy (non-hydrogen) atoms. The van der Waals surface area contributed by atoms with E-state index in [0.29, 0.717) is 0 Å². The van der Waals surface area contributed by atoms with E-state index in [1.807, 2.05) is 0 Å². The topological polar surface area (TPSA) is 267 Å². The summed E-state index contributed by atoms with van der Waals surface area (Å²) in [6.45, 7) is 1.08. The fourth-order valence-electron chi connectivity index (χ4n) is 2.09. The number of anilines is 1. The Labute approximate surface area is 197 Å². The molecule has 0 unspecified atom stereocenters. The lowest BCUT2D eigenvalue weighted by Gasteiger charge is -2.10. The van der Waals surface area contributed by atoms with Gasteiger partial charge in [-0.1, -0.05) is 12.1 Å². The van der Waals surface area contributed by atoms with Gasteiger partial charge >= 0.3 is 31.6 Å². The molecule has 1 aromatic carbocycles. The first-order chi connectivity index (χ1) is 16.1. The van der Waals surface area contributed by atoms with Crippen LogP contribution in [0.25, 0.3) is 0 Å². The number of benzene rings is 1. The Bertz CT molecular complexity index is 1230. The van der Waals surface area contributed by atoms with Crippen LogP contribution in [0, 0.1) is 6.92 Å². The van der Waals surface area contributed by atoms with E-state index in [0.717, 1.165) is 12.1 Å². The van der Waals surface area contributed by atoms with Crippen molar-refractivity contribution in [3.63, 3.8) is 0 Å². The predicted octanol–water partition coefficient (Wildman–Crippen LogP) is -0.807. The molecule has 0 radical (unpaired) electrons. The van der Waals surface area contributed by atoms with Crippen molar-refractivity contribution in [1.82, 2.24) is 25.0 Å². The molecule has 192 valence electrons. The molecule has 7 N–H and O–H groups in total. The molecule has 1 heterocycles. The van der Waals surface area contributed by atoms with E-state index in [-0.39, 0.29) is 17.8 Å². The van der Waals surface area contributed by atoms with Crippen LogP contribution in [0.4, 0.5) is 10.7 Å². The molecule has 0 aliphatic rings. The van der Waals surface area contributed by atoms with E-state index < -0.39 is 58.9 Å². The van der Waals surface area contributed by atoms with Gasteiger partial charge in [-0.2, -0.15) is 15.0 Å². The molecule has 0 fully saturated rings. The molecule has 17 nitrogen and oxygen atoms in total. The number of carbonyl (C=O) groups is 3. The maximum Gasteiger partial charge on any atom is 0.339 e. The third kappa shape index (κ3) is 10.8. The van der Waals surface area contributed by atoms with Gasteiger partial charge in [0.25, 0.3) is 10.0 Å². The van der Waals surface area contributed by atoms with Gasteiger partial charge in [0.1, 0.15) is 10.7 Å². The molecule has 0 spiro atoms. The molecular formula is C16H21N6O11PS. The number of aromatic nitrogens is 3. The lowest BCUT2D eigenvalue weighted by Crippen LogP contribution is -2.35. The van der Waals surface area contributed by atoms with E-state index in [9.17, 15) is 27.4 Å². The summed E-state index contributed by atoms with van der Waals surface area (Å²) in [5, 5.41) is 21.2. The zero-order valence-electron chi connectivity index (χ0n) is 18.1. The summed E-state index contributed by atoms with van der Waals surface area (Å²) in [4.78, 5) is 60.0. The number of nitrogens with one attached hydrogen (secondary N) is 3. The van der Waals surface area contributed by atoms with E-state index >= 15 is 0 Å².